The Bertz CT molecular complexity index is 1550. The van der Waals surface area contributed by atoms with Crippen molar-refractivity contribution >= 4 is 22.8 Å². The van der Waals surface area contributed by atoms with Gasteiger partial charge >= 0.3 is 12.1 Å². The van der Waals surface area contributed by atoms with E-state index in [9.17, 15) is 18.4 Å². The third-order valence-corrected chi connectivity index (χ3v) is 6.09. The van der Waals surface area contributed by atoms with Gasteiger partial charge in [-0.3, -0.25) is 9.36 Å². The molecule has 180 valence electrons. The second-order valence-electron chi connectivity index (χ2n) is 8.88. The van der Waals surface area contributed by atoms with Gasteiger partial charge in [-0.05, 0) is 62.2 Å². The van der Waals surface area contributed by atoms with Crippen LogP contribution < -0.4 is 20.5 Å². The van der Waals surface area contributed by atoms with Crippen LogP contribution in [-0.4, -0.2) is 21.8 Å². The number of hydrogen-bond acceptors (Lipinski definition) is 6. The van der Waals surface area contributed by atoms with E-state index in [1.54, 1.807) is 45.2 Å². The van der Waals surface area contributed by atoms with E-state index in [1.807, 2.05) is 19.1 Å². The number of hydrogen-bond donors (Lipinski definition) is 1. The minimum atomic E-state index is -3.74. The number of carbonyl (C=O) groups is 1. The quantitative estimate of drug-likeness (QED) is 0.452. The van der Waals surface area contributed by atoms with Crippen molar-refractivity contribution in [3.8, 4) is 22.8 Å². The molecule has 0 radical (unpaired) electrons. The van der Waals surface area contributed by atoms with Gasteiger partial charge in [0.25, 0.3) is 0 Å². The number of anilines is 1. The summed E-state index contributed by atoms with van der Waals surface area (Å²) in [5, 5.41) is 2.80. The third-order valence-electron chi connectivity index (χ3n) is 6.09. The molecule has 0 unspecified atom stereocenters. The van der Waals surface area contributed by atoms with Crippen molar-refractivity contribution < 1.29 is 27.5 Å². The molecule has 35 heavy (non-hydrogen) atoms. The van der Waals surface area contributed by atoms with E-state index in [0.29, 0.717) is 28.2 Å². The number of halogens is 2. The summed E-state index contributed by atoms with van der Waals surface area (Å²) >= 11 is 0. The van der Waals surface area contributed by atoms with Crippen LogP contribution in [0, 0.1) is 6.92 Å². The molecule has 0 spiro atoms. The largest absolute Gasteiger partial charge is 0.586 e. The lowest BCUT2D eigenvalue weighted by Gasteiger charge is -2.24. The third kappa shape index (κ3) is 3.90. The molecule has 4 aromatic rings. The zero-order chi connectivity index (χ0) is 25.1. The van der Waals surface area contributed by atoms with E-state index in [4.69, 9.17) is 4.42 Å². The van der Waals surface area contributed by atoms with E-state index in [-0.39, 0.29) is 11.5 Å². The molecule has 0 fully saturated rings. The average Bonchev–Trinajstić information content (AvgIpc) is 3.27. The van der Waals surface area contributed by atoms with Crippen molar-refractivity contribution in [2.24, 2.45) is 7.05 Å². The SMILES string of the molecule is Cc1ccc(NC(=O)C(C)(C)c2ccc3c(c2)OC(F)(F)O3)nc1-c1ccc2c(c1)oc(=O)n2C. The molecule has 0 bridgehead atoms. The molecule has 0 saturated carbocycles. The molecule has 1 aliphatic heterocycles. The number of pyridine rings is 1. The summed E-state index contributed by atoms with van der Waals surface area (Å²) in [7, 11) is 1.63. The second-order valence-corrected chi connectivity index (χ2v) is 8.88. The molecule has 1 amide bonds. The van der Waals surface area contributed by atoms with Crippen LogP contribution in [0.1, 0.15) is 25.0 Å². The Labute approximate surface area is 198 Å². The number of amides is 1. The maximum Gasteiger partial charge on any atom is 0.586 e. The van der Waals surface area contributed by atoms with Crippen molar-refractivity contribution in [3.63, 3.8) is 0 Å². The highest BCUT2D eigenvalue weighted by Gasteiger charge is 2.44. The standard InChI is InChI=1S/C25H21F2N3O5/c1-13-5-10-20(28-21(13)14-6-8-16-18(11-14)33-23(32)30(16)4)29-22(31)24(2,3)15-7-9-17-19(12-15)35-25(26,27)34-17/h5-12H,1-4H3,(H,28,29,31). The molecular weight excluding hydrogens is 460 g/mol. The number of ether oxygens (including phenoxy) is 2. The first-order chi connectivity index (χ1) is 16.4. The summed E-state index contributed by atoms with van der Waals surface area (Å²) in [4.78, 5) is 29.6. The topological polar surface area (TPSA) is 95.6 Å². The Kier molecular flexibility index (Phi) is 4.94. The van der Waals surface area contributed by atoms with Gasteiger partial charge in [0.05, 0.1) is 16.6 Å². The molecule has 2 aromatic heterocycles. The predicted molar refractivity (Wildman–Crippen MR) is 124 cm³/mol. The van der Waals surface area contributed by atoms with Gasteiger partial charge in [0.15, 0.2) is 17.1 Å². The van der Waals surface area contributed by atoms with Crippen LogP contribution in [0.15, 0.2) is 57.7 Å². The summed E-state index contributed by atoms with van der Waals surface area (Å²) in [5.74, 6) is -0.768. The van der Waals surface area contributed by atoms with Gasteiger partial charge in [-0.2, -0.15) is 0 Å². The zero-order valence-corrected chi connectivity index (χ0v) is 19.3. The first-order valence-electron chi connectivity index (χ1n) is 10.7. The Hall–Kier alpha value is -4.21. The Morgan fingerprint density at radius 1 is 1.06 bits per heavy atom. The van der Waals surface area contributed by atoms with Crippen LogP contribution >= 0.6 is 0 Å². The highest BCUT2D eigenvalue weighted by Crippen LogP contribution is 2.43. The highest BCUT2D eigenvalue weighted by molar-refractivity contribution is 5.98. The molecular formula is C25H21F2N3O5. The van der Waals surface area contributed by atoms with Gasteiger partial charge < -0.3 is 19.2 Å². The first kappa shape index (κ1) is 22.6. The normalized spacial score (nSPS) is 14.3. The highest BCUT2D eigenvalue weighted by atomic mass is 19.3. The predicted octanol–water partition coefficient (Wildman–Crippen LogP) is 4.74. The first-order valence-corrected chi connectivity index (χ1v) is 10.7. The smallest absolute Gasteiger partial charge is 0.408 e. The zero-order valence-electron chi connectivity index (χ0n) is 19.3. The maximum atomic E-state index is 13.4. The summed E-state index contributed by atoms with van der Waals surface area (Å²) in [6.07, 6.45) is -3.74. The molecule has 0 aliphatic carbocycles. The number of carbonyl (C=O) groups excluding carboxylic acids is 1. The van der Waals surface area contributed by atoms with Crippen molar-refractivity contribution in [2.45, 2.75) is 32.5 Å². The van der Waals surface area contributed by atoms with Crippen molar-refractivity contribution in [1.82, 2.24) is 9.55 Å². The van der Waals surface area contributed by atoms with Gasteiger partial charge in [0, 0.05) is 12.6 Å². The summed E-state index contributed by atoms with van der Waals surface area (Å²) < 4.78 is 42.4. The van der Waals surface area contributed by atoms with Gasteiger partial charge in [-0.15, -0.1) is 8.78 Å². The number of aromatic nitrogens is 2. The van der Waals surface area contributed by atoms with Gasteiger partial charge in [-0.1, -0.05) is 18.2 Å². The number of aryl methyl sites for hydroxylation is 2. The minimum absolute atomic E-state index is 0.0916. The Morgan fingerprint density at radius 3 is 2.57 bits per heavy atom. The van der Waals surface area contributed by atoms with Crippen LogP contribution in [0.4, 0.5) is 14.6 Å². The Morgan fingerprint density at radius 2 is 1.80 bits per heavy atom. The van der Waals surface area contributed by atoms with Gasteiger partial charge in [-0.25, -0.2) is 9.78 Å². The Balaban J connectivity index is 1.42. The van der Waals surface area contributed by atoms with Crippen molar-refractivity contribution in [2.75, 3.05) is 5.32 Å². The van der Waals surface area contributed by atoms with E-state index in [0.717, 1.165) is 11.1 Å². The van der Waals surface area contributed by atoms with Crippen LogP contribution in [0.3, 0.4) is 0 Å². The fourth-order valence-corrected chi connectivity index (χ4v) is 3.91. The molecule has 2 aromatic carbocycles. The van der Waals surface area contributed by atoms with Crippen LogP contribution in [-0.2, 0) is 17.3 Å². The molecule has 0 saturated heterocycles. The van der Waals surface area contributed by atoms with E-state index in [2.05, 4.69) is 19.8 Å². The molecule has 0 atom stereocenters. The summed E-state index contributed by atoms with van der Waals surface area (Å²) in [5.41, 5.74) is 2.64. The number of alkyl halides is 2. The van der Waals surface area contributed by atoms with Crippen LogP contribution in [0.2, 0.25) is 0 Å². The van der Waals surface area contributed by atoms with E-state index >= 15 is 0 Å². The molecule has 1 N–H and O–H groups in total. The molecule has 1 aliphatic rings. The molecule has 10 heteroatoms. The van der Waals surface area contributed by atoms with Crippen LogP contribution in [0.5, 0.6) is 11.5 Å². The lowest BCUT2D eigenvalue weighted by atomic mass is 9.83. The van der Waals surface area contributed by atoms with E-state index < -0.39 is 23.4 Å². The fraction of sp³-hybridized carbons (Fsp3) is 0.240. The summed E-state index contributed by atoms with van der Waals surface area (Å²) in [6.45, 7) is 5.21. The monoisotopic (exact) mass is 481 g/mol. The molecule has 5 rings (SSSR count). The van der Waals surface area contributed by atoms with E-state index in [1.165, 1.54) is 16.7 Å². The van der Waals surface area contributed by atoms with Crippen molar-refractivity contribution in [3.05, 3.63) is 70.2 Å². The number of oxazole rings is 1. The number of nitrogens with zero attached hydrogens (tertiary/aromatic N) is 2. The number of benzene rings is 2. The second kappa shape index (κ2) is 7.66. The number of nitrogens with one attached hydrogen (secondary N) is 1. The minimum Gasteiger partial charge on any atom is -0.408 e. The summed E-state index contributed by atoms with van der Waals surface area (Å²) in [6, 6.07) is 13.1. The van der Waals surface area contributed by atoms with Crippen molar-refractivity contribution in [1.29, 1.82) is 0 Å². The molecule has 8 nitrogen and oxygen atoms in total. The lowest BCUT2D eigenvalue weighted by molar-refractivity contribution is -0.286. The maximum absolute atomic E-state index is 13.4. The fourth-order valence-electron chi connectivity index (χ4n) is 3.91. The van der Waals surface area contributed by atoms with Gasteiger partial charge in [0.2, 0.25) is 5.91 Å². The molecule has 3 heterocycles. The number of rotatable bonds is 4. The van der Waals surface area contributed by atoms with Gasteiger partial charge in [0.1, 0.15) is 5.82 Å². The lowest BCUT2D eigenvalue weighted by Crippen LogP contribution is -2.35. The number of fused-ring (bicyclic) bond motifs is 2. The van der Waals surface area contributed by atoms with Crippen LogP contribution in [0.25, 0.3) is 22.4 Å². The average molecular weight is 481 g/mol.